The van der Waals surface area contributed by atoms with E-state index in [2.05, 4.69) is 0 Å². The van der Waals surface area contributed by atoms with E-state index in [1.54, 1.807) is 26.0 Å². The Morgan fingerprint density at radius 3 is 2.35 bits per heavy atom. The van der Waals surface area contributed by atoms with Crippen molar-refractivity contribution in [2.75, 3.05) is 20.8 Å². The second kappa shape index (κ2) is 5.86. The molecule has 0 aromatic heterocycles. The number of sulfonamides is 1. The fourth-order valence-corrected chi connectivity index (χ4v) is 4.28. The van der Waals surface area contributed by atoms with Crippen molar-refractivity contribution in [1.82, 2.24) is 4.31 Å². The summed E-state index contributed by atoms with van der Waals surface area (Å²) in [4.78, 5) is 11.3. The number of methoxy groups -OCH3 is 2. The maximum atomic E-state index is 12.9. The number of carboxylic acid groups (broad SMARTS) is 1. The van der Waals surface area contributed by atoms with E-state index in [4.69, 9.17) is 9.47 Å². The maximum absolute atomic E-state index is 12.9. The summed E-state index contributed by atoms with van der Waals surface area (Å²) in [6.07, 6.45) is 3.56. The van der Waals surface area contributed by atoms with Crippen molar-refractivity contribution in [1.29, 1.82) is 0 Å². The van der Waals surface area contributed by atoms with Gasteiger partial charge in [-0.2, -0.15) is 4.31 Å². The minimum Gasteiger partial charge on any atom is -0.493 e. The molecular weight excluding hydrogens is 322 g/mol. The van der Waals surface area contributed by atoms with Crippen molar-refractivity contribution in [3.05, 3.63) is 29.8 Å². The second-order valence-electron chi connectivity index (χ2n) is 5.60. The Hall–Kier alpha value is -2.06. The van der Waals surface area contributed by atoms with Crippen molar-refractivity contribution in [3.63, 3.8) is 0 Å². The lowest BCUT2D eigenvalue weighted by Gasteiger charge is -2.30. The van der Waals surface area contributed by atoms with Gasteiger partial charge in [-0.1, -0.05) is 12.2 Å². The molecule has 7 nitrogen and oxygen atoms in total. The number of ether oxygens (including phenoxy) is 2. The average molecular weight is 341 g/mol. The smallest absolute Gasteiger partial charge is 0.339 e. The molecule has 0 saturated heterocycles. The highest BCUT2D eigenvalue weighted by atomic mass is 32.2. The van der Waals surface area contributed by atoms with Gasteiger partial charge in [0.2, 0.25) is 10.0 Å². The molecule has 0 spiro atoms. The van der Waals surface area contributed by atoms with Crippen molar-refractivity contribution < 1.29 is 27.8 Å². The van der Waals surface area contributed by atoms with Gasteiger partial charge in [-0.15, -0.1) is 0 Å². The molecule has 2 rings (SSSR count). The topological polar surface area (TPSA) is 93.1 Å². The van der Waals surface area contributed by atoms with Crippen LogP contribution in [0.2, 0.25) is 0 Å². The predicted molar refractivity (Wildman–Crippen MR) is 83.6 cm³/mol. The quantitative estimate of drug-likeness (QED) is 0.820. The van der Waals surface area contributed by atoms with Gasteiger partial charge in [0.15, 0.2) is 11.5 Å². The van der Waals surface area contributed by atoms with Gasteiger partial charge in [0.05, 0.1) is 19.1 Å². The van der Waals surface area contributed by atoms with E-state index in [1.807, 2.05) is 0 Å². The lowest BCUT2D eigenvalue weighted by atomic mass is 10.1. The fraction of sp³-hybridized carbons (Fsp3) is 0.400. The van der Waals surface area contributed by atoms with Gasteiger partial charge < -0.3 is 14.6 Å². The Kier molecular flexibility index (Phi) is 4.41. The lowest BCUT2D eigenvalue weighted by molar-refractivity contribution is 0.0692. The van der Waals surface area contributed by atoms with Crippen LogP contribution in [0.3, 0.4) is 0 Å². The number of carboxylic acids is 1. The van der Waals surface area contributed by atoms with E-state index in [0.29, 0.717) is 0 Å². The summed E-state index contributed by atoms with van der Waals surface area (Å²) in [5, 5.41) is 9.32. The molecule has 1 aromatic carbocycles. The molecular formula is C15H19NO6S. The fourth-order valence-electron chi connectivity index (χ4n) is 2.54. The molecule has 126 valence electrons. The van der Waals surface area contributed by atoms with E-state index in [1.165, 1.54) is 24.6 Å². The Morgan fingerprint density at radius 2 is 1.91 bits per heavy atom. The summed E-state index contributed by atoms with van der Waals surface area (Å²) < 4.78 is 37.2. The highest BCUT2D eigenvalue weighted by Gasteiger charge is 2.38. The Morgan fingerprint density at radius 1 is 1.26 bits per heavy atom. The zero-order valence-electron chi connectivity index (χ0n) is 13.4. The Labute approximate surface area is 135 Å². The van der Waals surface area contributed by atoms with Gasteiger partial charge in [0, 0.05) is 18.2 Å². The van der Waals surface area contributed by atoms with Crippen LogP contribution in [0, 0.1) is 0 Å². The van der Waals surface area contributed by atoms with E-state index >= 15 is 0 Å². The molecule has 0 amide bonds. The third-order valence-electron chi connectivity index (χ3n) is 3.71. The van der Waals surface area contributed by atoms with Gasteiger partial charge in [-0.3, -0.25) is 0 Å². The van der Waals surface area contributed by atoms with Crippen LogP contribution in [0.4, 0.5) is 0 Å². The summed E-state index contributed by atoms with van der Waals surface area (Å²) >= 11 is 0. The summed E-state index contributed by atoms with van der Waals surface area (Å²) in [5.41, 5.74) is -0.953. The second-order valence-corrected chi connectivity index (χ2v) is 7.47. The SMILES string of the molecule is COc1cc(S(=O)(=O)N2CC=CC2(C)C)cc(C(=O)O)c1OC. The largest absolute Gasteiger partial charge is 0.493 e. The summed E-state index contributed by atoms with van der Waals surface area (Å²) in [6, 6.07) is 2.36. The summed E-state index contributed by atoms with van der Waals surface area (Å²) in [7, 11) is -1.27. The lowest BCUT2D eigenvalue weighted by Crippen LogP contribution is -2.43. The molecule has 1 aromatic rings. The highest BCUT2D eigenvalue weighted by Crippen LogP contribution is 2.37. The average Bonchev–Trinajstić information content (AvgIpc) is 2.85. The molecule has 8 heteroatoms. The predicted octanol–water partition coefficient (Wildman–Crippen LogP) is 1.74. The summed E-state index contributed by atoms with van der Waals surface area (Å²) in [6.45, 7) is 3.77. The van der Waals surface area contributed by atoms with E-state index in [-0.39, 0.29) is 28.5 Å². The molecule has 1 N–H and O–H groups in total. The minimum absolute atomic E-state index is 0.0160. The first kappa shape index (κ1) is 17.3. The van der Waals surface area contributed by atoms with Crippen molar-refractivity contribution in [3.8, 4) is 11.5 Å². The van der Waals surface area contributed by atoms with Crippen LogP contribution in [0.5, 0.6) is 11.5 Å². The molecule has 1 heterocycles. The molecule has 1 aliphatic heterocycles. The zero-order valence-corrected chi connectivity index (χ0v) is 14.2. The first-order valence-corrected chi connectivity index (χ1v) is 8.29. The van der Waals surface area contributed by atoms with Crippen LogP contribution < -0.4 is 9.47 Å². The molecule has 0 atom stereocenters. The van der Waals surface area contributed by atoms with Crippen LogP contribution in [-0.2, 0) is 10.0 Å². The van der Waals surface area contributed by atoms with Crippen LogP contribution in [-0.4, -0.2) is 50.1 Å². The van der Waals surface area contributed by atoms with Crippen molar-refractivity contribution in [2.45, 2.75) is 24.3 Å². The van der Waals surface area contributed by atoms with Gasteiger partial charge in [0.1, 0.15) is 5.56 Å². The highest BCUT2D eigenvalue weighted by molar-refractivity contribution is 7.89. The van der Waals surface area contributed by atoms with Crippen LogP contribution in [0.15, 0.2) is 29.2 Å². The number of carbonyl (C=O) groups is 1. The maximum Gasteiger partial charge on any atom is 0.339 e. The van der Waals surface area contributed by atoms with Crippen molar-refractivity contribution in [2.24, 2.45) is 0 Å². The van der Waals surface area contributed by atoms with Crippen LogP contribution in [0.25, 0.3) is 0 Å². The van der Waals surface area contributed by atoms with E-state index in [9.17, 15) is 18.3 Å². The first-order chi connectivity index (χ1) is 10.6. The van der Waals surface area contributed by atoms with E-state index < -0.39 is 21.5 Å². The third-order valence-corrected chi connectivity index (χ3v) is 5.74. The number of hydrogen-bond donors (Lipinski definition) is 1. The summed E-state index contributed by atoms with van der Waals surface area (Å²) in [5.74, 6) is -1.26. The number of aromatic carboxylic acids is 1. The molecule has 0 bridgehead atoms. The zero-order chi connectivity index (χ0) is 17.4. The standard InChI is InChI=1S/C15H19NO6S/c1-15(2)6-5-7-16(15)23(19,20)10-8-11(14(17)18)13(22-4)12(9-10)21-3/h5-6,8-9H,7H2,1-4H3,(H,17,18). The monoisotopic (exact) mass is 341 g/mol. The van der Waals surface area contributed by atoms with Crippen LogP contribution in [0.1, 0.15) is 24.2 Å². The normalized spacial score (nSPS) is 17.2. The molecule has 0 unspecified atom stereocenters. The molecule has 1 aliphatic rings. The van der Waals surface area contributed by atoms with Gasteiger partial charge in [-0.25, -0.2) is 13.2 Å². The number of hydrogen-bond acceptors (Lipinski definition) is 5. The van der Waals surface area contributed by atoms with Gasteiger partial charge in [-0.05, 0) is 19.9 Å². The number of nitrogens with zero attached hydrogens (tertiary/aromatic N) is 1. The molecule has 0 aliphatic carbocycles. The van der Waals surface area contributed by atoms with Crippen LogP contribution >= 0.6 is 0 Å². The number of benzene rings is 1. The first-order valence-electron chi connectivity index (χ1n) is 6.85. The molecule has 0 fully saturated rings. The molecule has 23 heavy (non-hydrogen) atoms. The molecule has 0 radical (unpaired) electrons. The Balaban J connectivity index is 2.64. The third kappa shape index (κ3) is 2.91. The minimum atomic E-state index is -3.89. The van der Waals surface area contributed by atoms with E-state index in [0.717, 1.165) is 6.07 Å². The van der Waals surface area contributed by atoms with Gasteiger partial charge >= 0.3 is 5.97 Å². The Bertz CT molecular complexity index is 766. The van der Waals surface area contributed by atoms with Gasteiger partial charge in [0.25, 0.3) is 0 Å². The number of rotatable bonds is 5. The molecule has 0 saturated carbocycles. The van der Waals surface area contributed by atoms with Crippen molar-refractivity contribution >= 4 is 16.0 Å².